The van der Waals surface area contributed by atoms with Crippen molar-refractivity contribution >= 4 is 5.91 Å². The van der Waals surface area contributed by atoms with Crippen molar-refractivity contribution in [3.8, 4) is 0 Å². The average Bonchev–Trinajstić information content (AvgIpc) is 2.61. The van der Waals surface area contributed by atoms with Gasteiger partial charge in [0, 0.05) is 5.92 Å². The highest BCUT2D eigenvalue weighted by Gasteiger charge is 2.41. The SMILES string of the molecule is CC(C)OC[C@@H]1C[C@H]1C(N)=O. The maximum atomic E-state index is 10.6. The molecule has 1 fully saturated rings. The molecule has 0 aromatic carbocycles. The van der Waals surface area contributed by atoms with Gasteiger partial charge in [0.1, 0.15) is 0 Å². The summed E-state index contributed by atoms with van der Waals surface area (Å²) in [7, 11) is 0. The number of carbonyl (C=O) groups excluding carboxylic acids is 1. The minimum atomic E-state index is -0.178. The van der Waals surface area contributed by atoms with Gasteiger partial charge in [0.05, 0.1) is 12.7 Å². The maximum Gasteiger partial charge on any atom is 0.220 e. The minimum Gasteiger partial charge on any atom is -0.378 e. The lowest BCUT2D eigenvalue weighted by molar-refractivity contribution is -0.119. The molecule has 1 aliphatic carbocycles. The Morgan fingerprint density at radius 2 is 2.36 bits per heavy atom. The lowest BCUT2D eigenvalue weighted by Crippen LogP contribution is -2.16. The second kappa shape index (κ2) is 3.22. The van der Waals surface area contributed by atoms with Crippen LogP contribution in [0.25, 0.3) is 0 Å². The van der Waals surface area contributed by atoms with Crippen LogP contribution in [-0.4, -0.2) is 18.6 Å². The number of ether oxygens (including phenoxy) is 1. The van der Waals surface area contributed by atoms with Gasteiger partial charge in [0.15, 0.2) is 0 Å². The van der Waals surface area contributed by atoms with Gasteiger partial charge < -0.3 is 10.5 Å². The smallest absolute Gasteiger partial charge is 0.220 e. The summed E-state index contributed by atoms with van der Waals surface area (Å²) in [4.78, 5) is 10.6. The number of nitrogens with two attached hydrogens (primary N) is 1. The van der Waals surface area contributed by atoms with Crippen molar-refractivity contribution in [3.63, 3.8) is 0 Å². The number of amides is 1. The summed E-state index contributed by atoms with van der Waals surface area (Å²) >= 11 is 0. The van der Waals surface area contributed by atoms with Crippen LogP contribution in [-0.2, 0) is 9.53 Å². The van der Waals surface area contributed by atoms with Crippen LogP contribution in [0, 0.1) is 11.8 Å². The lowest BCUT2D eigenvalue weighted by Gasteiger charge is -2.05. The average molecular weight is 157 g/mol. The zero-order valence-corrected chi connectivity index (χ0v) is 7.04. The summed E-state index contributed by atoms with van der Waals surface area (Å²) in [5, 5.41) is 0. The normalized spacial score (nSPS) is 29.0. The van der Waals surface area contributed by atoms with E-state index in [0.717, 1.165) is 6.42 Å². The fraction of sp³-hybridized carbons (Fsp3) is 0.875. The largest absolute Gasteiger partial charge is 0.378 e. The molecule has 0 unspecified atom stereocenters. The molecule has 1 saturated carbocycles. The first-order valence-electron chi connectivity index (χ1n) is 4.02. The van der Waals surface area contributed by atoms with E-state index < -0.39 is 0 Å². The molecule has 0 bridgehead atoms. The fourth-order valence-electron chi connectivity index (χ4n) is 1.10. The second-order valence-electron chi connectivity index (χ2n) is 3.39. The van der Waals surface area contributed by atoms with E-state index in [1.165, 1.54) is 0 Å². The van der Waals surface area contributed by atoms with Gasteiger partial charge in [-0.1, -0.05) is 0 Å². The molecule has 1 rings (SSSR count). The summed E-state index contributed by atoms with van der Waals surface area (Å²) in [6.07, 6.45) is 1.17. The highest BCUT2D eigenvalue weighted by molar-refractivity contribution is 5.79. The second-order valence-corrected chi connectivity index (χ2v) is 3.39. The van der Waals surface area contributed by atoms with Gasteiger partial charge in [0.2, 0.25) is 5.91 Å². The van der Waals surface area contributed by atoms with E-state index in [1.54, 1.807) is 0 Å². The van der Waals surface area contributed by atoms with E-state index in [9.17, 15) is 4.79 Å². The number of carbonyl (C=O) groups is 1. The van der Waals surface area contributed by atoms with Crippen LogP contribution in [0.1, 0.15) is 20.3 Å². The summed E-state index contributed by atoms with van der Waals surface area (Å²) in [6, 6.07) is 0. The van der Waals surface area contributed by atoms with Gasteiger partial charge in [0.25, 0.3) is 0 Å². The molecule has 3 heteroatoms. The molecule has 0 radical (unpaired) electrons. The van der Waals surface area contributed by atoms with E-state index in [0.29, 0.717) is 12.5 Å². The number of rotatable bonds is 4. The summed E-state index contributed by atoms with van der Waals surface area (Å²) in [5.41, 5.74) is 5.10. The van der Waals surface area contributed by atoms with Gasteiger partial charge in [-0.05, 0) is 26.2 Å². The molecule has 0 aromatic heterocycles. The van der Waals surface area contributed by atoms with Gasteiger partial charge >= 0.3 is 0 Å². The van der Waals surface area contributed by atoms with E-state index >= 15 is 0 Å². The third-order valence-corrected chi connectivity index (χ3v) is 1.93. The Hall–Kier alpha value is -0.570. The van der Waals surface area contributed by atoms with Gasteiger partial charge in [-0.2, -0.15) is 0 Å². The topological polar surface area (TPSA) is 52.3 Å². The first kappa shape index (κ1) is 8.53. The van der Waals surface area contributed by atoms with Gasteiger partial charge in [-0.25, -0.2) is 0 Å². The van der Waals surface area contributed by atoms with Crippen LogP contribution < -0.4 is 5.73 Å². The molecular formula is C8H15NO2. The third kappa shape index (κ3) is 2.50. The first-order valence-corrected chi connectivity index (χ1v) is 4.02. The molecule has 0 heterocycles. The van der Waals surface area contributed by atoms with Crippen molar-refractivity contribution < 1.29 is 9.53 Å². The number of primary amides is 1. The van der Waals surface area contributed by atoms with Crippen LogP contribution in [0.3, 0.4) is 0 Å². The van der Waals surface area contributed by atoms with Crippen LogP contribution in [0.15, 0.2) is 0 Å². The fourth-order valence-corrected chi connectivity index (χ4v) is 1.10. The van der Waals surface area contributed by atoms with Crippen LogP contribution >= 0.6 is 0 Å². The maximum absolute atomic E-state index is 10.6. The van der Waals surface area contributed by atoms with Crippen molar-refractivity contribution in [2.45, 2.75) is 26.4 Å². The van der Waals surface area contributed by atoms with Gasteiger partial charge in [-0.15, -0.1) is 0 Å². The zero-order valence-electron chi connectivity index (χ0n) is 7.04. The van der Waals surface area contributed by atoms with Crippen LogP contribution in [0.2, 0.25) is 0 Å². The molecule has 1 aliphatic rings. The Bertz CT molecular complexity index is 156. The Morgan fingerprint density at radius 3 is 2.73 bits per heavy atom. The van der Waals surface area contributed by atoms with Crippen molar-refractivity contribution in [1.82, 2.24) is 0 Å². The molecular weight excluding hydrogens is 142 g/mol. The summed E-state index contributed by atoms with van der Waals surface area (Å²) in [5.74, 6) is 0.311. The molecule has 0 aliphatic heterocycles. The van der Waals surface area contributed by atoms with E-state index in [2.05, 4.69) is 0 Å². The van der Waals surface area contributed by atoms with Crippen molar-refractivity contribution in [1.29, 1.82) is 0 Å². The lowest BCUT2D eigenvalue weighted by atomic mass is 10.3. The van der Waals surface area contributed by atoms with E-state index in [-0.39, 0.29) is 17.9 Å². The molecule has 2 atom stereocenters. The Morgan fingerprint density at radius 1 is 1.73 bits per heavy atom. The molecule has 3 nitrogen and oxygen atoms in total. The molecule has 0 aromatic rings. The van der Waals surface area contributed by atoms with E-state index in [4.69, 9.17) is 10.5 Å². The first-order chi connectivity index (χ1) is 5.11. The highest BCUT2D eigenvalue weighted by Crippen LogP contribution is 2.38. The van der Waals surface area contributed by atoms with Crippen molar-refractivity contribution in [3.05, 3.63) is 0 Å². The molecule has 11 heavy (non-hydrogen) atoms. The van der Waals surface area contributed by atoms with Gasteiger partial charge in [-0.3, -0.25) is 4.79 Å². The molecule has 64 valence electrons. The van der Waals surface area contributed by atoms with Crippen molar-refractivity contribution in [2.75, 3.05) is 6.61 Å². The Labute approximate surface area is 66.9 Å². The van der Waals surface area contributed by atoms with Crippen molar-refractivity contribution in [2.24, 2.45) is 17.6 Å². The summed E-state index contributed by atoms with van der Waals surface area (Å²) < 4.78 is 5.34. The predicted octanol–water partition coefficient (Wildman–Crippen LogP) is 0.533. The third-order valence-electron chi connectivity index (χ3n) is 1.93. The Balaban J connectivity index is 2.09. The van der Waals surface area contributed by atoms with E-state index in [1.807, 2.05) is 13.8 Å². The molecule has 0 saturated heterocycles. The zero-order chi connectivity index (χ0) is 8.43. The molecule has 2 N–H and O–H groups in total. The Kier molecular flexibility index (Phi) is 2.49. The standard InChI is InChI=1S/C8H15NO2/c1-5(2)11-4-6-3-7(6)8(9)10/h5-7H,3-4H2,1-2H3,(H2,9,10)/t6-,7+/m0/s1. The quantitative estimate of drug-likeness (QED) is 0.647. The monoisotopic (exact) mass is 157 g/mol. The van der Waals surface area contributed by atoms with Crippen LogP contribution in [0.4, 0.5) is 0 Å². The molecule has 0 spiro atoms. The van der Waals surface area contributed by atoms with Crippen LogP contribution in [0.5, 0.6) is 0 Å². The highest BCUT2D eigenvalue weighted by atomic mass is 16.5. The number of hydrogen-bond acceptors (Lipinski definition) is 2. The molecule has 1 amide bonds. The minimum absolute atomic E-state index is 0.0914. The summed E-state index contributed by atoms with van der Waals surface area (Å²) in [6.45, 7) is 4.66. The predicted molar refractivity (Wildman–Crippen MR) is 41.9 cm³/mol. The number of hydrogen-bond donors (Lipinski definition) is 1.